The normalized spacial score (nSPS) is 11.9. The van der Waals surface area contributed by atoms with Crippen molar-refractivity contribution in [3.05, 3.63) is 17.0 Å². The molecule has 0 aromatic carbocycles. The van der Waals surface area contributed by atoms with E-state index in [-0.39, 0.29) is 11.5 Å². The predicted molar refractivity (Wildman–Crippen MR) is 67.6 cm³/mol. The largest absolute Gasteiger partial charge is 0.361 e. The molecule has 5 heteroatoms. The molecular formula is C12H21NO3S. The molecule has 1 heterocycles. The van der Waals surface area contributed by atoms with E-state index in [2.05, 4.69) is 12.1 Å². The van der Waals surface area contributed by atoms with Crippen LogP contribution in [-0.2, 0) is 15.6 Å². The van der Waals surface area contributed by atoms with Gasteiger partial charge in [-0.1, -0.05) is 31.3 Å². The number of aromatic nitrogens is 1. The maximum atomic E-state index is 11.9. The minimum absolute atomic E-state index is 0.0558. The van der Waals surface area contributed by atoms with Gasteiger partial charge in [0.05, 0.1) is 17.2 Å². The molecule has 0 aliphatic carbocycles. The summed E-state index contributed by atoms with van der Waals surface area (Å²) in [5.41, 5.74) is 1.40. The third-order valence-electron chi connectivity index (χ3n) is 2.85. The molecule has 0 aliphatic rings. The molecule has 0 saturated heterocycles. The Hall–Kier alpha value is -0.840. The molecule has 0 unspecified atom stereocenters. The SMILES string of the molecule is CCCCCCS(=O)(=O)Cc1c(C)noc1C. The van der Waals surface area contributed by atoms with Gasteiger partial charge < -0.3 is 4.52 Å². The molecule has 0 atom stereocenters. The van der Waals surface area contributed by atoms with Crippen molar-refractivity contribution >= 4 is 9.84 Å². The van der Waals surface area contributed by atoms with E-state index in [0.29, 0.717) is 11.5 Å². The van der Waals surface area contributed by atoms with E-state index in [0.717, 1.165) is 31.2 Å². The number of rotatable bonds is 7. The fourth-order valence-electron chi connectivity index (χ4n) is 1.75. The summed E-state index contributed by atoms with van der Waals surface area (Å²) in [5.74, 6) is 0.928. The first kappa shape index (κ1) is 14.2. The van der Waals surface area contributed by atoms with Crippen LogP contribution in [0, 0.1) is 13.8 Å². The van der Waals surface area contributed by atoms with Gasteiger partial charge in [0.25, 0.3) is 0 Å². The zero-order valence-electron chi connectivity index (χ0n) is 10.8. The van der Waals surface area contributed by atoms with E-state index in [4.69, 9.17) is 4.52 Å². The summed E-state index contributed by atoms with van der Waals surface area (Å²) in [6.45, 7) is 5.64. The zero-order valence-corrected chi connectivity index (χ0v) is 11.6. The highest BCUT2D eigenvalue weighted by Crippen LogP contribution is 2.17. The maximum absolute atomic E-state index is 11.9. The number of aryl methyl sites for hydroxylation is 2. The molecule has 0 spiro atoms. The van der Waals surface area contributed by atoms with Crippen LogP contribution in [0.4, 0.5) is 0 Å². The van der Waals surface area contributed by atoms with E-state index in [1.54, 1.807) is 13.8 Å². The molecule has 1 aromatic heterocycles. The van der Waals surface area contributed by atoms with E-state index in [1.807, 2.05) is 0 Å². The van der Waals surface area contributed by atoms with Crippen molar-refractivity contribution < 1.29 is 12.9 Å². The van der Waals surface area contributed by atoms with Crippen molar-refractivity contribution in [3.8, 4) is 0 Å². The highest BCUT2D eigenvalue weighted by Gasteiger charge is 2.18. The number of hydrogen-bond acceptors (Lipinski definition) is 4. The molecular weight excluding hydrogens is 238 g/mol. The van der Waals surface area contributed by atoms with Gasteiger partial charge in [-0.25, -0.2) is 8.42 Å². The monoisotopic (exact) mass is 259 g/mol. The molecule has 0 radical (unpaired) electrons. The van der Waals surface area contributed by atoms with Crippen LogP contribution >= 0.6 is 0 Å². The van der Waals surface area contributed by atoms with Gasteiger partial charge >= 0.3 is 0 Å². The van der Waals surface area contributed by atoms with Crippen molar-refractivity contribution in [2.24, 2.45) is 0 Å². The summed E-state index contributed by atoms with van der Waals surface area (Å²) in [6, 6.07) is 0. The average molecular weight is 259 g/mol. The fourth-order valence-corrected chi connectivity index (χ4v) is 3.39. The number of hydrogen-bond donors (Lipinski definition) is 0. The second-order valence-electron chi connectivity index (χ2n) is 4.46. The highest BCUT2D eigenvalue weighted by atomic mass is 32.2. The Bertz CT molecular complexity index is 429. The molecule has 17 heavy (non-hydrogen) atoms. The van der Waals surface area contributed by atoms with Gasteiger partial charge in [-0.05, 0) is 20.3 Å². The molecule has 0 saturated carbocycles. The van der Waals surface area contributed by atoms with Gasteiger partial charge in [0.15, 0.2) is 9.84 Å². The van der Waals surface area contributed by atoms with Crippen LogP contribution in [0.1, 0.15) is 49.6 Å². The van der Waals surface area contributed by atoms with Crippen LogP contribution in [0.3, 0.4) is 0 Å². The molecule has 0 bridgehead atoms. The van der Waals surface area contributed by atoms with Gasteiger partial charge in [-0.15, -0.1) is 0 Å². The van der Waals surface area contributed by atoms with Crippen LogP contribution in [-0.4, -0.2) is 19.3 Å². The number of unbranched alkanes of at least 4 members (excludes halogenated alkanes) is 3. The zero-order chi connectivity index (χ0) is 12.9. The van der Waals surface area contributed by atoms with Crippen LogP contribution in [0.5, 0.6) is 0 Å². The lowest BCUT2D eigenvalue weighted by Gasteiger charge is -2.03. The van der Waals surface area contributed by atoms with Crippen LogP contribution in [0.15, 0.2) is 4.52 Å². The Kier molecular flexibility index (Phi) is 5.18. The van der Waals surface area contributed by atoms with Crippen molar-refractivity contribution in [1.82, 2.24) is 5.16 Å². The molecule has 1 aromatic rings. The maximum Gasteiger partial charge on any atom is 0.154 e. The minimum Gasteiger partial charge on any atom is -0.361 e. The molecule has 0 aliphatic heterocycles. The Labute approximate surface area is 103 Å². The predicted octanol–water partition coefficient (Wildman–Crippen LogP) is 2.79. The van der Waals surface area contributed by atoms with E-state index < -0.39 is 9.84 Å². The fraction of sp³-hybridized carbons (Fsp3) is 0.750. The Morgan fingerprint density at radius 3 is 2.41 bits per heavy atom. The number of nitrogens with zero attached hydrogens (tertiary/aromatic N) is 1. The quantitative estimate of drug-likeness (QED) is 0.706. The highest BCUT2D eigenvalue weighted by molar-refractivity contribution is 7.90. The lowest BCUT2D eigenvalue weighted by atomic mass is 10.2. The third-order valence-corrected chi connectivity index (χ3v) is 4.49. The molecule has 0 amide bonds. The second-order valence-corrected chi connectivity index (χ2v) is 6.64. The van der Waals surface area contributed by atoms with Crippen LogP contribution in [0.25, 0.3) is 0 Å². The Morgan fingerprint density at radius 1 is 1.18 bits per heavy atom. The van der Waals surface area contributed by atoms with Crippen LogP contribution < -0.4 is 0 Å². The standard InChI is InChI=1S/C12H21NO3S/c1-4-5-6-7-8-17(14,15)9-12-10(2)13-16-11(12)3/h4-9H2,1-3H3. The number of sulfone groups is 1. The summed E-state index contributed by atoms with van der Waals surface area (Å²) < 4.78 is 28.8. The molecule has 98 valence electrons. The second kappa shape index (κ2) is 6.19. The Balaban J connectivity index is 2.55. The Morgan fingerprint density at radius 2 is 1.88 bits per heavy atom. The average Bonchev–Trinajstić information content (AvgIpc) is 2.56. The lowest BCUT2D eigenvalue weighted by molar-refractivity contribution is 0.392. The molecule has 0 fully saturated rings. The molecule has 0 N–H and O–H groups in total. The van der Waals surface area contributed by atoms with Gasteiger partial charge in [0.2, 0.25) is 0 Å². The van der Waals surface area contributed by atoms with Gasteiger partial charge in [0.1, 0.15) is 5.76 Å². The van der Waals surface area contributed by atoms with E-state index >= 15 is 0 Å². The first-order valence-electron chi connectivity index (χ1n) is 6.08. The lowest BCUT2D eigenvalue weighted by Crippen LogP contribution is -2.10. The van der Waals surface area contributed by atoms with Crippen molar-refractivity contribution in [3.63, 3.8) is 0 Å². The minimum atomic E-state index is -3.03. The van der Waals surface area contributed by atoms with E-state index in [9.17, 15) is 8.42 Å². The first-order valence-corrected chi connectivity index (χ1v) is 7.90. The summed E-state index contributed by atoms with van der Waals surface area (Å²) in [5, 5.41) is 3.77. The van der Waals surface area contributed by atoms with Crippen LogP contribution in [0.2, 0.25) is 0 Å². The van der Waals surface area contributed by atoms with Gasteiger partial charge in [-0.2, -0.15) is 0 Å². The first-order chi connectivity index (χ1) is 7.96. The molecule has 1 rings (SSSR count). The topological polar surface area (TPSA) is 60.2 Å². The summed E-state index contributed by atoms with van der Waals surface area (Å²) >= 11 is 0. The van der Waals surface area contributed by atoms with Gasteiger partial charge in [-0.3, -0.25) is 0 Å². The van der Waals surface area contributed by atoms with Crippen molar-refractivity contribution in [2.75, 3.05) is 5.75 Å². The summed E-state index contributed by atoms with van der Waals surface area (Å²) in [7, 11) is -3.03. The van der Waals surface area contributed by atoms with E-state index in [1.165, 1.54) is 0 Å². The van der Waals surface area contributed by atoms with Gasteiger partial charge in [0, 0.05) is 5.56 Å². The van der Waals surface area contributed by atoms with Crippen molar-refractivity contribution in [2.45, 2.75) is 52.2 Å². The van der Waals surface area contributed by atoms with Crippen molar-refractivity contribution in [1.29, 1.82) is 0 Å². The summed E-state index contributed by atoms with van der Waals surface area (Å²) in [6.07, 6.45) is 3.95. The summed E-state index contributed by atoms with van der Waals surface area (Å²) in [4.78, 5) is 0. The smallest absolute Gasteiger partial charge is 0.154 e. The molecule has 4 nitrogen and oxygen atoms in total. The third kappa shape index (κ3) is 4.50.